The van der Waals surface area contributed by atoms with Crippen LogP contribution >= 0.6 is 0 Å². The van der Waals surface area contributed by atoms with Gasteiger partial charge < -0.3 is 9.84 Å². The quantitative estimate of drug-likeness (QED) is 0.552. The van der Waals surface area contributed by atoms with Gasteiger partial charge in [0.05, 0.1) is 6.61 Å². The molecular formula is C14H20N2O4. The molecule has 1 aromatic rings. The molecule has 0 bridgehead atoms. The summed E-state index contributed by atoms with van der Waals surface area (Å²) in [4.78, 5) is 29.9. The zero-order chi connectivity index (χ0) is 14.8. The molecule has 0 saturated heterocycles. The fraction of sp³-hybridized carbons (Fsp3) is 0.571. The molecule has 110 valence electrons. The van der Waals surface area contributed by atoms with E-state index in [1.807, 2.05) is 0 Å². The first-order valence-corrected chi connectivity index (χ1v) is 6.88. The van der Waals surface area contributed by atoms with Crippen LogP contribution in [0.25, 0.3) is 0 Å². The molecule has 1 heterocycles. The molecule has 6 heteroatoms. The summed E-state index contributed by atoms with van der Waals surface area (Å²) in [7, 11) is 0. The zero-order valence-electron chi connectivity index (χ0n) is 11.7. The van der Waals surface area contributed by atoms with Gasteiger partial charge in [-0.15, -0.1) is 0 Å². The lowest BCUT2D eigenvalue weighted by atomic mass is 10.1. The van der Waals surface area contributed by atoms with E-state index in [-0.39, 0.29) is 18.0 Å². The van der Waals surface area contributed by atoms with Crippen molar-refractivity contribution in [2.75, 3.05) is 6.61 Å². The van der Waals surface area contributed by atoms with Crippen LogP contribution in [0, 0.1) is 0 Å². The highest BCUT2D eigenvalue weighted by Crippen LogP contribution is 2.07. The summed E-state index contributed by atoms with van der Waals surface area (Å²) in [5, 5.41) is 8.90. The van der Waals surface area contributed by atoms with Crippen molar-refractivity contribution in [2.24, 2.45) is 0 Å². The predicted molar refractivity (Wildman–Crippen MR) is 72.6 cm³/mol. The molecule has 0 aliphatic carbocycles. The lowest BCUT2D eigenvalue weighted by Gasteiger charge is -2.05. The second kappa shape index (κ2) is 9.01. The van der Waals surface area contributed by atoms with Gasteiger partial charge in [-0.2, -0.15) is 0 Å². The summed E-state index contributed by atoms with van der Waals surface area (Å²) < 4.78 is 5.02. The number of hydrogen-bond acceptors (Lipinski definition) is 5. The molecule has 0 unspecified atom stereocenters. The first kappa shape index (κ1) is 16.1. The van der Waals surface area contributed by atoms with Crippen molar-refractivity contribution in [2.45, 2.75) is 45.4 Å². The minimum absolute atomic E-state index is 0.244. The SMILES string of the molecule is CCCCCCCCOC(=O)c1nccnc1C(=O)O. The van der Waals surface area contributed by atoms with E-state index in [1.165, 1.54) is 31.7 Å². The normalized spacial score (nSPS) is 10.2. The maximum atomic E-state index is 11.7. The van der Waals surface area contributed by atoms with E-state index < -0.39 is 11.9 Å². The van der Waals surface area contributed by atoms with Crippen LogP contribution in [-0.2, 0) is 4.74 Å². The maximum absolute atomic E-state index is 11.7. The van der Waals surface area contributed by atoms with Crippen molar-refractivity contribution in [1.29, 1.82) is 0 Å². The number of carboxylic acid groups (broad SMARTS) is 1. The number of aromatic carboxylic acids is 1. The number of carbonyl (C=O) groups is 2. The summed E-state index contributed by atoms with van der Waals surface area (Å²) in [5.74, 6) is -2.02. The van der Waals surface area contributed by atoms with Crippen molar-refractivity contribution < 1.29 is 19.4 Å². The Bertz CT molecular complexity index is 449. The molecule has 1 aromatic heterocycles. The predicted octanol–water partition coefficient (Wildman–Crippen LogP) is 2.69. The molecule has 0 aliphatic rings. The van der Waals surface area contributed by atoms with Crippen LogP contribution < -0.4 is 0 Å². The average molecular weight is 280 g/mol. The topological polar surface area (TPSA) is 89.4 Å². The van der Waals surface area contributed by atoms with Gasteiger partial charge in [0.1, 0.15) is 0 Å². The summed E-state index contributed by atoms with van der Waals surface area (Å²) >= 11 is 0. The van der Waals surface area contributed by atoms with Crippen LogP contribution in [0.15, 0.2) is 12.4 Å². The van der Waals surface area contributed by atoms with Crippen molar-refractivity contribution in [1.82, 2.24) is 9.97 Å². The van der Waals surface area contributed by atoms with E-state index in [2.05, 4.69) is 16.9 Å². The fourth-order valence-corrected chi connectivity index (χ4v) is 1.76. The third kappa shape index (κ3) is 5.34. The third-order valence-electron chi connectivity index (χ3n) is 2.83. The first-order chi connectivity index (χ1) is 9.66. The van der Waals surface area contributed by atoms with Crippen LogP contribution in [0.5, 0.6) is 0 Å². The number of rotatable bonds is 9. The summed E-state index contributed by atoms with van der Waals surface area (Å²) in [6.45, 7) is 2.43. The zero-order valence-corrected chi connectivity index (χ0v) is 11.7. The molecular weight excluding hydrogens is 260 g/mol. The number of carboxylic acids is 1. The van der Waals surface area contributed by atoms with Gasteiger partial charge in [-0.3, -0.25) is 0 Å². The van der Waals surface area contributed by atoms with Crippen LogP contribution in [-0.4, -0.2) is 33.6 Å². The molecule has 20 heavy (non-hydrogen) atoms. The van der Waals surface area contributed by atoms with E-state index in [4.69, 9.17) is 9.84 Å². The highest BCUT2D eigenvalue weighted by molar-refractivity contribution is 5.99. The Morgan fingerprint density at radius 2 is 1.65 bits per heavy atom. The van der Waals surface area contributed by atoms with Crippen molar-refractivity contribution in [3.8, 4) is 0 Å². The maximum Gasteiger partial charge on any atom is 0.359 e. The highest BCUT2D eigenvalue weighted by Gasteiger charge is 2.20. The van der Waals surface area contributed by atoms with Crippen LogP contribution in [0.4, 0.5) is 0 Å². The lowest BCUT2D eigenvalue weighted by molar-refractivity contribution is 0.0478. The standard InChI is InChI=1S/C14H20N2O4/c1-2-3-4-5-6-7-10-20-14(19)12-11(13(17)18)15-8-9-16-12/h8-9H,2-7,10H2,1H3,(H,17,18). The largest absolute Gasteiger partial charge is 0.476 e. The Morgan fingerprint density at radius 1 is 1.05 bits per heavy atom. The summed E-state index contributed by atoms with van der Waals surface area (Å²) in [5.41, 5.74) is -0.619. The Hall–Kier alpha value is -1.98. The Morgan fingerprint density at radius 3 is 2.30 bits per heavy atom. The first-order valence-electron chi connectivity index (χ1n) is 6.88. The number of hydrogen-bond donors (Lipinski definition) is 1. The molecule has 0 spiro atoms. The minimum Gasteiger partial charge on any atom is -0.476 e. The van der Waals surface area contributed by atoms with Crippen molar-refractivity contribution in [3.05, 3.63) is 23.8 Å². The van der Waals surface area contributed by atoms with Crippen LogP contribution in [0.2, 0.25) is 0 Å². The van der Waals surface area contributed by atoms with Gasteiger partial charge in [0.25, 0.3) is 0 Å². The minimum atomic E-state index is -1.29. The molecule has 0 radical (unpaired) electrons. The number of nitrogens with zero attached hydrogens (tertiary/aromatic N) is 2. The van der Waals surface area contributed by atoms with Gasteiger partial charge in [-0.1, -0.05) is 39.0 Å². The van der Waals surface area contributed by atoms with E-state index in [1.54, 1.807) is 0 Å². The molecule has 0 aliphatic heterocycles. The number of aromatic nitrogens is 2. The number of carbonyl (C=O) groups excluding carboxylic acids is 1. The second-order valence-electron chi connectivity index (χ2n) is 4.46. The summed E-state index contributed by atoms with van der Waals surface area (Å²) in [6.07, 6.45) is 9.01. The molecule has 0 atom stereocenters. The second-order valence-corrected chi connectivity index (χ2v) is 4.46. The number of ether oxygens (including phenoxy) is 1. The van der Waals surface area contributed by atoms with Crippen LogP contribution in [0.1, 0.15) is 66.4 Å². The Labute approximate surface area is 118 Å². The Kier molecular flexibility index (Phi) is 7.24. The molecule has 0 amide bonds. The smallest absolute Gasteiger partial charge is 0.359 e. The van der Waals surface area contributed by atoms with Gasteiger partial charge >= 0.3 is 11.9 Å². The molecule has 6 nitrogen and oxygen atoms in total. The molecule has 1 N–H and O–H groups in total. The van der Waals surface area contributed by atoms with Gasteiger partial charge in [0.2, 0.25) is 0 Å². The average Bonchev–Trinajstić information content (AvgIpc) is 2.46. The van der Waals surface area contributed by atoms with Crippen molar-refractivity contribution in [3.63, 3.8) is 0 Å². The molecule has 0 fully saturated rings. The van der Waals surface area contributed by atoms with Gasteiger partial charge in [-0.25, -0.2) is 19.6 Å². The summed E-state index contributed by atoms with van der Waals surface area (Å²) in [6, 6.07) is 0. The molecule has 0 saturated carbocycles. The van der Waals surface area contributed by atoms with E-state index in [0.717, 1.165) is 19.3 Å². The van der Waals surface area contributed by atoms with E-state index in [0.29, 0.717) is 0 Å². The molecule has 0 aromatic carbocycles. The monoisotopic (exact) mass is 280 g/mol. The number of esters is 1. The lowest BCUT2D eigenvalue weighted by Crippen LogP contribution is -2.15. The van der Waals surface area contributed by atoms with E-state index >= 15 is 0 Å². The van der Waals surface area contributed by atoms with E-state index in [9.17, 15) is 9.59 Å². The third-order valence-corrected chi connectivity index (χ3v) is 2.83. The van der Waals surface area contributed by atoms with Crippen LogP contribution in [0.3, 0.4) is 0 Å². The Balaban J connectivity index is 2.35. The highest BCUT2D eigenvalue weighted by atomic mass is 16.5. The number of unbranched alkanes of at least 4 members (excludes halogenated alkanes) is 5. The van der Waals surface area contributed by atoms with Gasteiger partial charge in [0.15, 0.2) is 11.4 Å². The molecule has 1 rings (SSSR count). The van der Waals surface area contributed by atoms with Crippen molar-refractivity contribution >= 4 is 11.9 Å². The van der Waals surface area contributed by atoms with Gasteiger partial charge in [-0.05, 0) is 6.42 Å². The fourth-order valence-electron chi connectivity index (χ4n) is 1.76. The van der Waals surface area contributed by atoms with Gasteiger partial charge in [0, 0.05) is 12.4 Å².